The lowest BCUT2D eigenvalue weighted by Gasteiger charge is -2.37. The number of quaternary nitrogens is 1. The van der Waals surface area contributed by atoms with E-state index in [1.54, 1.807) is 5.37 Å². The molecule has 0 aromatic carbocycles. The number of amides is 1. The van der Waals surface area contributed by atoms with Crippen LogP contribution in [0.2, 0.25) is 0 Å². The van der Waals surface area contributed by atoms with Crippen LogP contribution >= 0.6 is 0 Å². The van der Waals surface area contributed by atoms with Crippen LogP contribution in [0.5, 0.6) is 0 Å². The van der Waals surface area contributed by atoms with Crippen molar-refractivity contribution >= 4 is 21.2 Å². The summed E-state index contributed by atoms with van der Waals surface area (Å²) in [7, 11) is -3.01. The molecular weight excluding hydrogens is 456 g/mol. The normalized spacial score (nSPS) is 20.5. The lowest BCUT2D eigenvalue weighted by Crippen LogP contribution is -2.61. The SMILES string of the molecule is CCCCCCCCCCC=S(=O)(NO)[N+]1(CCCCCCCCCCCC)CCCCCC1=O. The van der Waals surface area contributed by atoms with E-state index in [4.69, 9.17) is 0 Å². The molecule has 1 aliphatic heterocycles. The molecule has 5 nitrogen and oxygen atoms in total. The highest BCUT2D eigenvalue weighted by Crippen LogP contribution is 2.26. The number of nitrogens with zero attached hydrogens (tertiary/aromatic N) is 1. The minimum absolute atomic E-state index is 0.0529. The quantitative estimate of drug-likeness (QED) is 0.0660. The van der Waals surface area contributed by atoms with E-state index in [9.17, 15) is 14.2 Å². The predicted molar refractivity (Wildman–Crippen MR) is 152 cm³/mol. The molecule has 2 N–H and O–H groups in total. The first-order valence-corrected chi connectivity index (χ1v) is 16.8. The van der Waals surface area contributed by atoms with Crippen LogP contribution in [0.4, 0.5) is 0 Å². The minimum Gasteiger partial charge on any atom is -0.301 e. The van der Waals surface area contributed by atoms with Crippen LogP contribution < -0.4 is 4.89 Å². The van der Waals surface area contributed by atoms with Crippen LogP contribution in [0.3, 0.4) is 0 Å². The van der Waals surface area contributed by atoms with Gasteiger partial charge in [-0.2, -0.15) is 8.10 Å². The number of hydrogen-bond donors (Lipinski definition) is 2. The van der Waals surface area contributed by atoms with Crippen LogP contribution in [0.1, 0.15) is 162 Å². The predicted octanol–water partition coefficient (Wildman–Crippen LogP) is 8.25. The number of carbonyl (C=O) groups excluding carboxylic acids is 1. The summed E-state index contributed by atoms with van der Waals surface area (Å²) in [6.45, 7) is 5.65. The zero-order chi connectivity index (χ0) is 25.7. The third-order valence-electron chi connectivity index (χ3n) is 7.79. The van der Waals surface area contributed by atoms with Crippen molar-refractivity contribution in [3.8, 4) is 0 Å². The van der Waals surface area contributed by atoms with Crippen molar-refractivity contribution in [2.24, 2.45) is 0 Å². The summed E-state index contributed by atoms with van der Waals surface area (Å²) in [4.78, 5) is 15.5. The molecule has 0 aromatic rings. The first-order chi connectivity index (χ1) is 17.1. The van der Waals surface area contributed by atoms with Crippen molar-refractivity contribution in [3.05, 3.63) is 0 Å². The van der Waals surface area contributed by atoms with Gasteiger partial charge in [0.15, 0.2) is 0 Å². The molecule has 2 atom stereocenters. The van der Waals surface area contributed by atoms with Gasteiger partial charge in [-0.25, -0.2) is 4.79 Å². The smallest absolute Gasteiger partial charge is 0.301 e. The number of unbranched alkanes of at least 4 members (excludes halogenated alkanes) is 17. The Balaban J connectivity index is 2.59. The van der Waals surface area contributed by atoms with E-state index in [1.807, 2.05) is 0 Å². The summed E-state index contributed by atoms with van der Waals surface area (Å²) in [6.07, 6.45) is 26.1. The third-order valence-corrected chi connectivity index (χ3v) is 10.3. The van der Waals surface area contributed by atoms with Crippen LogP contribution in [0.25, 0.3) is 0 Å². The second-order valence-electron chi connectivity index (χ2n) is 10.8. The van der Waals surface area contributed by atoms with Gasteiger partial charge in [0.1, 0.15) is 0 Å². The fourth-order valence-electron chi connectivity index (χ4n) is 5.44. The monoisotopic (exact) mass is 515 g/mol. The molecule has 0 aromatic heterocycles. The number of likely N-dealkylation sites (tertiary alicyclic amines) is 1. The number of rotatable bonds is 22. The molecule has 1 amide bonds. The fraction of sp³-hybridized carbons (Fsp3) is 0.931. The number of nitrogens with one attached hydrogen (secondary N) is 1. The van der Waals surface area contributed by atoms with Gasteiger partial charge in [-0.1, -0.05) is 115 Å². The van der Waals surface area contributed by atoms with E-state index in [0.717, 1.165) is 44.9 Å². The van der Waals surface area contributed by atoms with E-state index in [-0.39, 0.29) is 9.80 Å². The molecule has 1 fully saturated rings. The van der Waals surface area contributed by atoms with Crippen molar-refractivity contribution in [3.63, 3.8) is 0 Å². The van der Waals surface area contributed by atoms with E-state index in [0.29, 0.717) is 25.9 Å². The van der Waals surface area contributed by atoms with Gasteiger partial charge in [0.2, 0.25) is 9.89 Å². The van der Waals surface area contributed by atoms with Crippen LogP contribution in [0.15, 0.2) is 0 Å². The minimum atomic E-state index is -3.01. The first kappa shape index (κ1) is 32.6. The summed E-state index contributed by atoms with van der Waals surface area (Å²) in [5.74, 6) is 0.0529. The molecule has 0 bridgehead atoms. The molecule has 0 aliphatic carbocycles. The molecule has 0 saturated carbocycles. The lowest BCUT2D eigenvalue weighted by molar-refractivity contribution is -0.726. The standard InChI is InChI=1S/C29H59N2O3S/c1-3-5-7-9-11-13-14-16-18-22-26-31(27-23-20-21-25-29(31)32)35(34,30-33)28-24-19-17-15-12-10-8-6-4-2/h28,33H,3-27H2,1-2H3,(H,30,34)/q+1. The molecule has 1 heterocycles. The highest BCUT2D eigenvalue weighted by atomic mass is 32.2. The largest absolute Gasteiger partial charge is 0.327 e. The third kappa shape index (κ3) is 12.6. The van der Waals surface area contributed by atoms with E-state index in [1.165, 1.54) is 89.9 Å². The Morgan fingerprint density at radius 3 is 1.74 bits per heavy atom. The zero-order valence-electron chi connectivity index (χ0n) is 23.4. The average Bonchev–Trinajstić information content (AvgIpc) is 3.06. The summed E-state index contributed by atoms with van der Waals surface area (Å²) in [6, 6.07) is 0. The molecule has 1 aliphatic rings. The molecule has 2 unspecified atom stereocenters. The van der Waals surface area contributed by atoms with Gasteiger partial charge < -0.3 is 5.21 Å². The van der Waals surface area contributed by atoms with Gasteiger partial charge in [0.05, 0.1) is 19.5 Å². The Morgan fingerprint density at radius 2 is 1.23 bits per heavy atom. The van der Waals surface area contributed by atoms with Gasteiger partial charge in [-0.05, 0) is 44.9 Å². The Morgan fingerprint density at radius 1 is 0.743 bits per heavy atom. The highest BCUT2D eigenvalue weighted by molar-refractivity contribution is 7.94. The topological polar surface area (TPSA) is 66.4 Å². The van der Waals surface area contributed by atoms with Crippen LogP contribution in [-0.4, -0.2) is 37.7 Å². The van der Waals surface area contributed by atoms with E-state index < -0.39 is 9.89 Å². The fourth-order valence-corrected chi connectivity index (χ4v) is 7.64. The zero-order valence-corrected chi connectivity index (χ0v) is 24.2. The number of hydrogen-bond acceptors (Lipinski definition) is 3. The summed E-state index contributed by atoms with van der Waals surface area (Å²) in [5, 5.41) is 11.8. The second-order valence-corrected chi connectivity index (χ2v) is 13.2. The van der Waals surface area contributed by atoms with Crippen LogP contribution in [0, 0.1) is 0 Å². The Bertz CT molecular complexity index is 646. The molecule has 1 rings (SSSR count). The van der Waals surface area contributed by atoms with Gasteiger partial charge >= 0.3 is 5.91 Å². The molecular formula is C29H59N2O3S+. The highest BCUT2D eigenvalue weighted by Gasteiger charge is 2.45. The van der Waals surface area contributed by atoms with Gasteiger partial charge in [0, 0.05) is 5.37 Å². The van der Waals surface area contributed by atoms with Crippen molar-refractivity contribution in [1.29, 1.82) is 0 Å². The Hall–Kier alpha value is -0.430. The van der Waals surface area contributed by atoms with E-state index in [2.05, 4.69) is 18.7 Å². The van der Waals surface area contributed by atoms with Gasteiger partial charge in [0.25, 0.3) is 0 Å². The van der Waals surface area contributed by atoms with Crippen molar-refractivity contribution in [1.82, 2.24) is 4.89 Å². The van der Waals surface area contributed by atoms with Crippen molar-refractivity contribution < 1.29 is 18.1 Å². The molecule has 35 heavy (non-hydrogen) atoms. The maximum absolute atomic E-state index is 14.0. The van der Waals surface area contributed by atoms with Gasteiger partial charge in [-0.15, -0.1) is 0 Å². The summed E-state index contributed by atoms with van der Waals surface area (Å²) < 4.78 is 14.0. The van der Waals surface area contributed by atoms with E-state index >= 15 is 0 Å². The van der Waals surface area contributed by atoms with Crippen molar-refractivity contribution in [2.75, 3.05) is 13.1 Å². The van der Waals surface area contributed by atoms with Crippen molar-refractivity contribution in [2.45, 2.75) is 162 Å². The molecule has 6 heteroatoms. The first-order valence-electron chi connectivity index (χ1n) is 15.2. The second kappa shape index (κ2) is 20.6. The Kier molecular flexibility index (Phi) is 19.2. The molecule has 0 radical (unpaired) electrons. The average molecular weight is 516 g/mol. The van der Waals surface area contributed by atoms with Gasteiger partial charge in [-0.3, -0.25) is 0 Å². The molecule has 0 spiro atoms. The Labute approximate surface area is 218 Å². The van der Waals surface area contributed by atoms with Crippen LogP contribution in [-0.2, 0) is 14.7 Å². The summed E-state index contributed by atoms with van der Waals surface area (Å²) >= 11 is 0. The maximum Gasteiger partial charge on any atom is 0.327 e. The number of carbonyl (C=O) groups is 1. The molecule has 208 valence electrons. The summed E-state index contributed by atoms with van der Waals surface area (Å²) in [5.41, 5.74) is 0. The lowest BCUT2D eigenvalue weighted by atomic mass is 10.1. The molecule has 1 saturated heterocycles. The maximum atomic E-state index is 14.0.